The molecular weight excluding hydrogens is 386 g/mol. The monoisotopic (exact) mass is 411 g/mol. The molecule has 0 aromatic heterocycles. The van der Waals surface area contributed by atoms with Crippen LogP contribution in [0, 0.1) is 5.92 Å². The Morgan fingerprint density at radius 1 is 1.00 bits per heavy atom. The maximum absolute atomic E-state index is 12.9. The van der Waals surface area contributed by atoms with Gasteiger partial charge < -0.3 is 10.0 Å². The summed E-state index contributed by atoms with van der Waals surface area (Å²) in [6.07, 6.45) is 0. The molecule has 1 heterocycles. The highest BCUT2D eigenvalue weighted by Gasteiger charge is 2.46. The van der Waals surface area contributed by atoms with Crippen LogP contribution in [0.4, 0.5) is 0 Å². The third-order valence-corrected chi connectivity index (χ3v) is 5.39. The fraction of sp³-hybridized carbons (Fsp3) is 0.333. The van der Waals surface area contributed by atoms with Gasteiger partial charge in [-0.25, -0.2) is 0 Å². The van der Waals surface area contributed by atoms with Crippen molar-refractivity contribution in [2.75, 3.05) is 6.54 Å². The van der Waals surface area contributed by atoms with Gasteiger partial charge in [0.05, 0.1) is 11.6 Å². The Morgan fingerprint density at radius 2 is 1.59 bits per heavy atom. The predicted octanol–water partition coefficient (Wildman–Crippen LogP) is 5.54. The zero-order chi connectivity index (χ0) is 21.3. The summed E-state index contributed by atoms with van der Waals surface area (Å²) >= 11 is 5.95. The van der Waals surface area contributed by atoms with Crippen molar-refractivity contribution in [2.45, 2.75) is 39.7 Å². The van der Waals surface area contributed by atoms with E-state index >= 15 is 0 Å². The van der Waals surface area contributed by atoms with Crippen molar-refractivity contribution in [3.05, 3.63) is 75.8 Å². The van der Waals surface area contributed by atoms with Crippen LogP contribution >= 0.6 is 11.6 Å². The van der Waals surface area contributed by atoms with Gasteiger partial charge in [-0.3, -0.25) is 9.59 Å². The molecule has 152 valence electrons. The van der Waals surface area contributed by atoms with E-state index in [2.05, 4.69) is 13.8 Å². The van der Waals surface area contributed by atoms with E-state index in [1.54, 1.807) is 29.2 Å². The number of ketones is 1. The van der Waals surface area contributed by atoms with E-state index in [1.807, 2.05) is 38.1 Å². The average Bonchev–Trinajstić information content (AvgIpc) is 2.92. The van der Waals surface area contributed by atoms with Crippen LogP contribution in [0.25, 0.3) is 5.76 Å². The third-order valence-electron chi connectivity index (χ3n) is 5.14. The highest BCUT2D eigenvalue weighted by molar-refractivity contribution is 6.46. The number of halogens is 1. The standard InChI is InChI=1S/C24H26ClNO3/c1-14(2)13-26-21(17-7-5-16(6-8-17)15(3)4)20(23(28)24(26)29)22(27)18-9-11-19(25)12-10-18/h5-12,14-15,21,27H,13H2,1-4H3/t21-/m0/s1. The quantitative estimate of drug-likeness (QED) is 0.399. The molecule has 0 aliphatic carbocycles. The number of nitrogens with zero attached hydrogens (tertiary/aromatic N) is 1. The first-order chi connectivity index (χ1) is 13.7. The second kappa shape index (κ2) is 8.42. The molecule has 3 rings (SSSR count). The first kappa shape index (κ1) is 21.1. The number of carbonyl (C=O) groups excluding carboxylic acids is 2. The van der Waals surface area contributed by atoms with E-state index in [1.165, 1.54) is 5.56 Å². The summed E-state index contributed by atoms with van der Waals surface area (Å²) in [5.74, 6) is -0.853. The number of likely N-dealkylation sites (tertiary alicyclic amines) is 1. The lowest BCUT2D eigenvalue weighted by atomic mass is 9.93. The van der Waals surface area contributed by atoms with E-state index in [0.717, 1.165) is 5.56 Å². The Bertz CT molecular complexity index is 943. The lowest BCUT2D eigenvalue weighted by Gasteiger charge is -2.27. The zero-order valence-corrected chi connectivity index (χ0v) is 17.9. The van der Waals surface area contributed by atoms with E-state index in [9.17, 15) is 14.7 Å². The largest absolute Gasteiger partial charge is 0.507 e. The molecule has 0 saturated carbocycles. The van der Waals surface area contributed by atoms with Crippen LogP contribution in [-0.2, 0) is 9.59 Å². The van der Waals surface area contributed by atoms with Gasteiger partial charge >= 0.3 is 0 Å². The number of aliphatic hydroxyl groups excluding tert-OH is 1. The van der Waals surface area contributed by atoms with Crippen molar-refractivity contribution < 1.29 is 14.7 Å². The summed E-state index contributed by atoms with van der Waals surface area (Å²) < 4.78 is 0. The Morgan fingerprint density at radius 3 is 2.10 bits per heavy atom. The molecule has 5 heteroatoms. The summed E-state index contributed by atoms with van der Waals surface area (Å²) in [6, 6.07) is 13.9. The number of aliphatic hydroxyl groups is 1. The van der Waals surface area contributed by atoms with Gasteiger partial charge in [0.2, 0.25) is 0 Å². The molecule has 0 spiro atoms. The molecule has 29 heavy (non-hydrogen) atoms. The molecule has 1 atom stereocenters. The van der Waals surface area contributed by atoms with Gasteiger partial charge in [0.1, 0.15) is 5.76 Å². The van der Waals surface area contributed by atoms with Crippen LogP contribution in [0.1, 0.15) is 56.3 Å². The van der Waals surface area contributed by atoms with Crippen LogP contribution < -0.4 is 0 Å². The summed E-state index contributed by atoms with van der Waals surface area (Å²) in [4.78, 5) is 27.3. The number of hydrogen-bond donors (Lipinski definition) is 1. The maximum Gasteiger partial charge on any atom is 0.295 e. The zero-order valence-electron chi connectivity index (χ0n) is 17.1. The molecule has 0 bridgehead atoms. The van der Waals surface area contributed by atoms with Crippen molar-refractivity contribution in [2.24, 2.45) is 5.92 Å². The van der Waals surface area contributed by atoms with Crippen molar-refractivity contribution in [3.63, 3.8) is 0 Å². The fourth-order valence-electron chi connectivity index (χ4n) is 3.63. The summed E-state index contributed by atoms with van der Waals surface area (Å²) in [6.45, 7) is 8.65. The van der Waals surface area contributed by atoms with Gasteiger partial charge in [0.25, 0.3) is 11.7 Å². The highest BCUT2D eigenvalue weighted by Crippen LogP contribution is 2.40. The molecule has 1 fully saturated rings. The fourth-order valence-corrected chi connectivity index (χ4v) is 3.76. The van der Waals surface area contributed by atoms with Crippen molar-refractivity contribution >= 4 is 29.1 Å². The van der Waals surface area contributed by atoms with Crippen LogP contribution in [-0.4, -0.2) is 28.2 Å². The first-order valence-electron chi connectivity index (χ1n) is 9.85. The Kier molecular flexibility index (Phi) is 6.13. The molecule has 1 aliphatic rings. The predicted molar refractivity (Wildman–Crippen MR) is 116 cm³/mol. The Hall–Kier alpha value is -2.59. The Labute approximate surface area is 176 Å². The minimum Gasteiger partial charge on any atom is -0.507 e. The number of hydrogen-bond acceptors (Lipinski definition) is 3. The average molecular weight is 412 g/mol. The summed E-state index contributed by atoms with van der Waals surface area (Å²) in [5.41, 5.74) is 2.56. The van der Waals surface area contributed by atoms with Crippen molar-refractivity contribution in [1.29, 1.82) is 0 Å². The minimum atomic E-state index is -0.656. The van der Waals surface area contributed by atoms with Gasteiger partial charge in [-0.15, -0.1) is 0 Å². The number of amides is 1. The Balaban J connectivity index is 2.15. The van der Waals surface area contributed by atoms with Crippen molar-refractivity contribution in [1.82, 2.24) is 4.90 Å². The van der Waals surface area contributed by atoms with Gasteiger partial charge in [-0.2, -0.15) is 0 Å². The molecular formula is C24H26ClNO3. The number of Topliss-reactive ketones (excluding diaryl/α,β-unsaturated/α-hetero) is 1. The molecule has 2 aromatic rings. The normalized spacial score (nSPS) is 18.9. The maximum atomic E-state index is 12.9. The number of rotatable bonds is 5. The molecule has 1 aliphatic heterocycles. The topological polar surface area (TPSA) is 57.6 Å². The first-order valence-corrected chi connectivity index (χ1v) is 10.2. The lowest BCUT2D eigenvalue weighted by molar-refractivity contribution is -0.140. The van der Waals surface area contributed by atoms with Gasteiger partial charge in [0.15, 0.2) is 0 Å². The smallest absolute Gasteiger partial charge is 0.295 e. The second-order valence-electron chi connectivity index (χ2n) is 8.17. The second-order valence-corrected chi connectivity index (χ2v) is 8.61. The van der Waals surface area contributed by atoms with Crippen LogP contribution in [0.2, 0.25) is 5.02 Å². The molecule has 2 aromatic carbocycles. The molecule has 0 radical (unpaired) electrons. The molecule has 4 nitrogen and oxygen atoms in total. The van der Waals surface area contributed by atoms with Crippen LogP contribution in [0.5, 0.6) is 0 Å². The van der Waals surface area contributed by atoms with Gasteiger partial charge in [-0.1, -0.05) is 63.6 Å². The van der Waals surface area contributed by atoms with E-state index < -0.39 is 17.7 Å². The van der Waals surface area contributed by atoms with E-state index in [0.29, 0.717) is 23.0 Å². The molecule has 1 N–H and O–H groups in total. The van der Waals surface area contributed by atoms with Gasteiger partial charge in [-0.05, 0) is 47.2 Å². The SMILES string of the molecule is CC(C)CN1C(=O)C(=O)C(=C(O)c2ccc(Cl)cc2)[C@@H]1c1ccc(C(C)C)cc1. The number of benzene rings is 2. The third kappa shape index (κ3) is 4.23. The van der Waals surface area contributed by atoms with Crippen LogP contribution in [0.3, 0.4) is 0 Å². The summed E-state index contributed by atoms with van der Waals surface area (Å²) in [5, 5.41) is 11.5. The van der Waals surface area contributed by atoms with E-state index in [4.69, 9.17) is 11.6 Å². The van der Waals surface area contributed by atoms with Gasteiger partial charge in [0, 0.05) is 17.1 Å². The summed E-state index contributed by atoms with van der Waals surface area (Å²) in [7, 11) is 0. The molecule has 1 saturated heterocycles. The highest BCUT2D eigenvalue weighted by atomic mass is 35.5. The van der Waals surface area contributed by atoms with Crippen molar-refractivity contribution in [3.8, 4) is 0 Å². The molecule has 0 unspecified atom stereocenters. The van der Waals surface area contributed by atoms with E-state index in [-0.39, 0.29) is 17.3 Å². The lowest BCUT2D eigenvalue weighted by Crippen LogP contribution is -2.33. The van der Waals surface area contributed by atoms with Crippen LogP contribution in [0.15, 0.2) is 54.1 Å². The minimum absolute atomic E-state index is 0.121. The molecule has 1 amide bonds. The number of carbonyl (C=O) groups is 2.